The summed E-state index contributed by atoms with van der Waals surface area (Å²) in [6.07, 6.45) is 1.15. The van der Waals surface area contributed by atoms with E-state index in [1.54, 1.807) is 0 Å². The summed E-state index contributed by atoms with van der Waals surface area (Å²) >= 11 is 0. The monoisotopic (exact) mass is 281 g/mol. The summed E-state index contributed by atoms with van der Waals surface area (Å²) in [7, 11) is 0. The molecule has 2 heterocycles. The number of halogens is 2. The molecule has 1 atom stereocenters. The zero-order chi connectivity index (χ0) is 13.9. The van der Waals surface area contributed by atoms with Gasteiger partial charge in [-0.3, -0.25) is 9.80 Å². The van der Waals surface area contributed by atoms with E-state index in [9.17, 15) is 8.78 Å². The predicted molar refractivity (Wildman–Crippen MR) is 74.5 cm³/mol. The first-order valence-electron chi connectivity index (χ1n) is 7.33. The van der Waals surface area contributed by atoms with Gasteiger partial charge in [0.25, 0.3) is 0 Å². The van der Waals surface area contributed by atoms with E-state index in [4.69, 9.17) is 0 Å². The van der Waals surface area contributed by atoms with Gasteiger partial charge in [0.2, 0.25) is 0 Å². The molecule has 0 saturated carbocycles. The van der Waals surface area contributed by atoms with E-state index in [2.05, 4.69) is 15.1 Å². The number of likely N-dealkylation sites (tertiary alicyclic amines) is 1. The van der Waals surface area contributed by atoms with Crippen molar-refractivity contribution in [3.05, 3.63) is 35.4 Å². The molecule has 2 fully saturated rings. The third-order valence-electron chi connectivity index (χ3n) is 4.24. The number of rotatable bonds is 3. The molecule has 1 unspecified atom stereocenters. The highest BCUT2D eigenvalue weighted by Gasteiger charge is 2.28. The van der Waals surface area contributed by atoms with Crippen LogP contribution in [0.1, 0.15) is 12.0 Å². The molecule has 0 aromatic heterocycles. The summed E-state index contributed by atoms with van der Waals surface area (Å²) in [6, 6.07) is 4.38. The molecule has 20 heavy (non-hydrogen) atoms. The first kappa shape index (κ1) is 13.9. The van der Waals surface area contributed by atoms with E-state index >= 15 is 0 Å². The molecule has 3 nitrogen and oxygen atoms in total. The van der Waals surface area contributed by atoms with Gasteiger partial charge in [-0.05, 0) is 24.1 Å². The molecular weight excluding hydrogens is 260 g/mol. The van der Waals surface area contributed by atoms with Crippen molar-refractivity contribution in [2.45, 2.75) is 19.0 Å². The van der Waals surface area contributed by atoms with Crippen LogP contribution in [0, 0.1) is 11.6 Å². The minimum atomic E-state index is -0.488. The molecule has 1 N–H and O–H groups in total. The van der Waals surface area contributed by atoms with E-state index < -0.39 is 11.6 Å². The van der Waals surface area contributed by atoms with Crippen LogP contribution >= 0.6 is 0 Å². The van der Waals surface area contributed by atoms with Crippen molar-refractivity contribution < 1.29 is 8.78 Å². The third-order valence-corrected chi connectivity index (χ3v) is 4.24. The predicted octanol–water partition coefficient (Wildman–Crippen LogP) is 1.44. The fourth-order valence-electron chi connectivity index (χ4n) is 3.26. The topological polar surface area (TPSA) is 18.5 Å². The van der Waals surface area contributed by atoms with E-state index in [1.807, 2.05) is 0 Å². The lowest BCUT2D eigenvalue weighted by Crippen LogP contribution is -2.49. The SMILES string of the molecule is Fc1cc(F)cc(CN2CCC(N3CCNCC3)C2)c1. The first-order valence-corrected chi connectivity index (χ1v) is 7.33. The second kappa shape index (κ2) is 6.16. The Morgan fingerprint density at radius 1 is 1.05 bits per heavy atom. The zero-order valence-electron chi connectivity index (χ0n) is 11.6. The van der Waals surface area contributed by atoms with E-state index in [1.165, 1.54) is 12.1 Å². The Hall–Kier alpha value is -1.04. The van der Waals surface area contributed by atoms with E-state index in [0.29, 0.717) is 12.6 Å². The normalized spacial score (nSPS) is 25.2. The first-order chi connectivity index (χ1) is 9.70. The number of nitrogens with zero attached hydrogens (tertiary/aromatic N) is 2. The van der Waals surface area contributed by atoms with Crippen molar-refractivity contribution in [3.63, 3.8) is 0 Å². The second-order valence-electron chi connectivity index (χ2n) is 5.74. The number of hydrogen-bond acceptors (Lipinski definition) is 3. The summed E-state index contributed by atoms with van der Waals surface area (Å²) in [5, 5.41) is 3.36. The Morgan fingerprint density at radius 3 is 2.45 bits per heavy atom. The zero-order valence-corrected chi connectivity index (χ0v) is 11.6. The van der Waals surface area contributed by atoms with Crippen LogP contribution < -0.4 is 5.32 Å². The van der Waals surface area contributed by atoms with Crippen LogP contribution in [-0.2, 0) is 6.54 Å². The largest absolute Gasteiger partial charge is 0.314 e. The van der Waals surface area contributed by atoms with Crippen LogP contribution in [0.3, 0.4) is 0 Å². The maximum Gasteiger partial charge on any atom is 0.126 e. The van der Waals surface area contributed by atoms with Crippen LogP contribution in [0.4, 0.5) is 8.78 Å². The number of piperazine rings is 1. The van der Waals surface area contributed by atoms with Crippen molar-refractivity contribution in [1.29, 1.82) is 0 Å². The molecule has 2 saturated heterocycles. The van der Waals surface area contributed by atoms with Crippen LogP contribution in [0.15, 0.2) is 18.2 Å². The summed E-state index contributed by atoms with van der Waals surface area (Å²) < 4.78 is 26.4. The highest BCUT2D eigenvalue weighted by molar-refractivity contribution is 5.18. The maximum absolute atomic E-state index is 13.2. The Bertz CT molecular complexity index is 440. The Balaban J connectivity index is 1.57. The summed E-state index contributed by atoms with van der Waals surface area (Å²) in [6.45, 7) is 6.97. The molecule has 0 radical (unpaired) electrons. The van der Waals surface area contributed by atoms with Gasteiger partial charge < -0.3 is 5.32 Å². The maximum atomic E-state index is 13.2. The average molecular weight is 281 g/mol. The van der Waals surface area contributed by atoms with Gasteiger partial charge in [0.1, 0.15) is 11.6 Å². The molecule has 0 bridgehead atoms. The summed E-state index contributed by atoms with van der Waals surface area (Å²) in [4.78, 5) is 4.82. The van der Waals surface area contributed by atoms with Crippen molar-refractivity contribution in [3.8, 4) is 0 Å². The Morgan fingerprint density at radius 2 is 1.75 bits per heavy atom. The van der Waals surface area contributed by atoms with Crippen LogP contribution in [-0.4, -0.2) is 55.1 Å². The molecule has 110 valence electrons. The Kier molecular flexibility index (Phi) is 4.29. The van der Waals surface area contributed by atoms with Crippen molar-refractivity contribution in [2.75, 3.05) is 39.3 Å². The Labute approximate surface area is 118 Å². The molecule has 2 aliphatic heterocycles. The van der Waals surface area contributed by atoms with Gasteiger partial charge in [0.15, 0.2) is 0 Å². The molecule has 5 heteroatoms. The van der Waals surface area contributed by atoms with Gasteiger partial charge in [-0.1, -0.05) is 0 Å². The molecule has 1 aromatic carbocycles. The summed E-state index contributed by atoms with van der Waals surface area (Å²) in [5.74, 6) is -0.976. The van der Waals surface area contributed by atoms with Gasteiger partial charge >= 0.3 is 0 Å². The van der Waals surface area contributed by atoms with Crippen LogP contribution in [0.25, 0.3) is 0 Å². The van der Waals surface area contributed by atoms with Gasteiger partial charge in [0, 0.05) is 57.9 Å². The minimum absolute atomic E-state index is 0.488. The highest BCUT2D eigenvalue weighted by atomic mass is 19.1. The molecule has 0 aliphatic carbocycles. The van der Waals surface area contributed by atoms with Crippen molar-refractivity contribution in [2.24, 2.45) is 0 Å². The smallest absolute Gasteiger partial charge is 0.126 e. The number of benzene rings is 1. The quantitative estimate of drug-likeness (QED) is 0.904. The van der Waals surface area contributed by atoms with E-state index in [-0.39, 0.29) is 0 Å². The highest BCUT2D eigenvalue weighted by Crippen LogP contribution is 2.19. The van der Waals surface area contributed by atoms with Crippen molar-refractivity contribution >= 4 is 0 Å². The minimum Gasteiger partial charge on any atom is -0.314 e. The number of nitrogens with one attached hydrogen (secondary N) is 1. The fraction of sp³-hybridized carbons (Fsp3) is 0.600. The standard InChI is InChI=1S/C15H21F2N3/c16-13-7-12(8-14(17)9-13)10-19-4-1-15(11-19)20-5-2-18-3-6-20/h7-9,15,18H,1-6,10-11H2. The van der Waals surface area contributed by atoms with Crippen LogP contribution in [0.2, 0.25) is 0 Å². The summed E-state index contributed by atoms with van der Waals surface area (Å²) in [5.41, 5.74) is 0.725. The molecule has 0 spiro atoms. The molecule has 2 aliphatic rings. The van der Waals surface area contributed by atoms with Crippen LogP contribution in [0.5, 0.6) is 0 Å². The lowest BCUT2D eigenvalue weighted by molar-refractivity contribution is 0.170. The third kappa shape index (κ3) is 3.34. The second-order valence-corrected chi connectivity index (χ2v) is 5.74. The van der Waals surface area contributed by atoms with Gasteiger partial charge in [-0.2, -0.15) is 0 Å². The lowest BCUT2D eigenvalue weighted by Gasteiger charge is -2.32. The van der Waals surface area contributed by atoms with Crippen molar-refractivity contribution in [1.82, 2.24) is 15.1 Å². The van der Waals surface area contributed by atoms with Gasteiger partial charge in [0.05, 0.1) is 0 Å². The number of hydrogen-bond donors (Lipinski definition) is 1. The lowest BCUT2D eigenvalue weighted by atomic mass is 10.2. The average Bonchev–Trinajstić information content (AvgIpc) is 2.87. The molecular formula is C15H21F2N3. The van der Waals surface area contributed by atoms with Gasteiger partial charge in [-0.25, -0.2) is 8.78 Å². The molecule has 1 aromatic rings. The molecule has 0 amide bonds. The molecule has 3 rings (SSSR count). The van der Waals surface area contributed by atoms with E-state index in [0.717, 1.165) is 57.3 Å². The fourth-order valence-corrected chi connectivity index (χ4v) is 3.26. The van der Waals surface area contributed by atoms with Gasteiger partial charge in [-0.15, -0.1) is 0 Å².